The Labute approximate surface area is 166 Å². The number of hydrogen-bond donors (Lipinski definition) is 2. The lowest BCUT2D eigenvalue weighted by molar-refractivity contribution is -0.118. The fourth-order valence-electron chi connectivity index (χ4n) is 3.26. The van der Waals surface area contributed by atoms with Crippen molar-refractivity contribution in [3.05, 3.63) is 29.3 Å². The molecule has 0 radical (unpaired) electrons. The molecule has 1 aromatic rings. The van der Waals surface area contributed by atoms with Crippen molar-refractivity contribution in [2.75, 3.05) is 5.32 Å². The Morgan fingerprint density at radius 3 is 2.30 bits per heavy atom. The number of halogens is 1. The summed E-state index contributed by atoms with van der Waals surface area (Å²) in [5.74, 6) is -0.307. The molecule has 1 aliphatic carbocycles. The number of nitrogens with one attached hydrogen (secondary N) is 2. The molecule has 0 spiro atoms. The predicted octanol–water partition coefficient (Wildman–Crippen LogP) is 4.64. The molecule has 1 aromatic carbocycles. The first-order valence-corrected chi connectivity index (χ1v) is 11.4. The monoisotopic (exact) mass is 414 g/mol. The van der Waals surface area contributed by atoms with E-state index in [2.05, 4.69) is 5.32 Å². The second-order valence-corrected chi connectivity index (χ2v) is 9.23. The maximum Gasteiger partial charge on any atom is 0.332 e. The van der Waals surface area contributed by atoms with Crippen molar-refractivity contribution in [2.45, 2.75) is 69.5 Å². The van der Waals surface area contributed by atoms with Gasteiger partial charge in [0.2, 0.25) is 10.0 Å². The summed E-state index contributed by atoms with van der Waals surface area (Å²) < 4.78 is 27.3. The molecule has 1 fully saturated rings. The topological polar surface area (TPSA) is 92.3 Å². The van der Waals surface area contributed by atoms with Gasteiger partial charge in [-0.25, -0.2) is 17.9 Å². The third-order valence-electron chi connectivity index (χ3n) is 4.69. The number of sulfonamides is 1. The largest absolute Gasteiger partial charge is 0.332 e. The number of benzene rings is 1. The van der Waals surface area contributed by atoms with Crippen molar-refractivity contribution in [3.63, 3.8) is 0 Å². The van der Waals surface area contributed by atoms with Gasteiger partial charge in [-0.2, -0.15) is 0 Å². The molecule has 0 aromatic heterocycles. The molecule has 2 rings (SSSR count). The van der Waals surface area contributed by atoms with Crippen LogP contribution in [0.5, 0.6) is 0 Å². The fourth-order valence-corrected chi connectivity index (χ4v) is 4.85. The third-order valence-corrected chi connectivity index (χ3v) is 6.64. The van der Waals surface area contributed by atoms with E-state index in [-0.39, 0.29) is 18.6 Å². The number of carbonyl (C=O) groups excluding carboxylic acids is 2. The summed E-state index contributed by atoms with van der Waals surface area (Å²) in [4.78, 5) is 24.6. The maximum atomic E-state index is 12.7. The zero-order valence-electron chi connectivity index (χ0n) is 15.4. The molecule has 1 saturated carbocycles. The molecule has 1 unspecified atom stereocenters. The number of Topliss-reactive ketones (excluding diaryl/α,β-unsaturated/α-hetero) is 1. The van der Waals surface area contributed by atoms with Crippen LogP contribution in [-0.2, 0) is 14.8 Å². The average Bonchev–Trinajstić information content (AvgIpc) is 2.57. The smallest absolute Gasteiger partial charge is 0.307 e. The van der Waals surface area contributed by atoms with Crippen LogP contribution in [0.4, 0.5) is 10.5 Å². The van der Waals surface area contributed by atoms with Crippen molar-refractivity contribution in [1.82, 2.24) is 4.72 Å². The van der Waals surface area contributed by atoms with Gasteiger partial charge in [-0.3, -0.25) is 4.79 Å². The minimum atomic E-state index is -4.10. The molecule has 1 aliphatic rings. The van der Waals surface area contributed by atoms with Crippen LogP contribution in [0.25, 0.3) is 0 Å². The van der Waals surface area contributed by atoms with Crippen LogP contribution in [0, 0.1) is 0 Å². The molecule has 1 atom stereocenters. The van der Waals surface area contributed by atoms with E-state index in [1.807, 2.05) is 4.72 Å². The molecule has 0 heterocycles. The highest BCUT2D eigenvalue weighted by atomic mass is 35.5. The molecular formula is C19H27ClN2O4S. The van der Waals surface area contributed by atoms with Gasteiger partial charge in [0.25, 0.3) is 0 Å². The van der Waals surface area contributed by atoms with Crippen molar-refractivity contribution in [1.29, 1.82) is 0 Å². The molecule has 6 nitrogen and oxygen atoms in total. The molecule has 27 heavy (non-hydrogen) atoms. The molecule has 150 valence electrons. The number of carbonyl (C=O) groups is 2. The lowest BCUT2D eigenvalue weighted by Gasteiger charge is -2.18. The van der Waals surface area contributed by atoms with Gasteiger partial charge >= 0.3 is 6.03 Å². The Hall–Kier alpha value is -1.60. The van der Waals surface area contributed by atoms with Gasteiger partial charge in [-0.05, 0) is 31.0 Å². The molecule has 0 saturated heterocycles. The molecule has 0 aliphatic heterocycles. The van der Waals surface area contributed by atoms with Gasteiger partial charge in [0, 0.05) is 17.1 Å². The average molecular weight is 415 g/mol. The Morgan fingerprint density at radius 2 is 1.63 bits per heavy atom. The van der Waals surface area contributed by atoms with Gasteiger partial charge < -0.3 is 5.32 Å². The van der Waals surface area contributed by atoms with E-state index in [0.29, 0.717) is 23.6 Å². The predicted molar refractivity (Wildman–Crippen MR) is 107 cm³/mol. The van der Waals surface area contributed by atoms with E-state index < -0.39 is 21.3 Å². The summed E-state index contributed by atoms with van der Waals surface area (Å²) in [6, 6.07) is 5.50. The maximum absolute atomic E-state index is 12.7. The number of urea groups is 1. The Balaban J connectivity index is 2.03. The Morgan fingerprint density at radius 1 is 1.00 bits per heavy atom. The van der Waals surface area contributed by atoms with E-state index in [1.54, 1.807) is 18.2 Å². The van der Waals surface area contributed by atoms with Crippen LogP contribution in [0.2, 0.25) is 5.02 Å². The molecular weight excluding hydrogens is 388 g/mol. The Bertz CT molecular complexity index is 752. The van der Waals surface area contributed by atoms with Gasteiger partial charge in [0.15, 0.2) is 5.78 Å². The first-order valence-electron chi connectivity index (χ1n) is 9.49. The third kappa shape index (κ3) is 7.50. The molecule has 2 N–H and O–H groups in total. The van der Waals surface area contributed by atoms with Crippen LogP contribution in [0.3, 0.4) is 0 Å². The lowest BCUT2D eigenvalue weighted by Crippen LogP contribution is -2.44. The van der Waals surface area contributed by atoms with E-state index >= 15 is 0 Å². The Kier molecular flexibility index (Phi) is 8.57. The van der Waals surface area contributed by atoms with E-state index in [0.717, 1.165) is 32.1 Å². The second-order valence-electron chi connectivity index (χ2n) is 6.93. The van der Waals surface area contributed by atoms with E-state index in [4.69, 9.17) is 11.6 Å². The highest BCUT2D eigenvalue weighted by Crippen LogP contribution is 2.19. The van der Waals surface area contributed by atoms with Crippen molar-refractivity contribution < 1.29 is 18.0 Å². The lowest BCUT2D eigenvalue weighted by atomic mass is 10.0. The minimum absolute atomic E-state index is 0.238. The number of rotatable bonds is 3. The van der Waals surface area contributed by atoms with Gasteiger partial charge in [-0.15, -0.1) is 0 Å². The summed E-state index contributed by atoms with van der Waals surface area (Å²) in [5.41, 5.74) is 0.375. The van der Waals surface area contributed by atoms with Crippen molar-refractivity contribution in [2.24, 2.45) is 0 Å². The van der Waals surface area contributed by atoms with Crippen LogP contribution >= 0.6 is 11.6 Å². The summed E-state index contributed by atoms with van der Waals surface area (Å²) in [5, 5.41) is 1.68. The number of ketones is 1. The molecule has 0 bridgehead atoms. The van der Waals surface area contributed by atoms with E-state index in [1.165, 1.54) is 12.5 Å². The van der Waals surface area contributed by atoms with Crippen LogP contribution in [-0.4, -0.2) is 25.5 Å². The standard InChI is InChI=1S/C19H27ClN2O4S/c20-15-10-9-11-16(14-15)21-19(24)22-27(25,26)18-13-8-6-4-2-1-3-5-7-12-17(18)23/h9-11,14,18H,1-8,12-13H2,(H2,21,22,24). The molecule has 2 amide bonds. The van der Waals surface area contributed by atoms with E-state index in [9.17, 15) is 18.0 Å². The summed E-state index contributed by atoms with van der Waals surface area (Å²) in [6.45, 7) is 0. The fraction of sp³-hybridized carbons (Fsp3) is 0.579. The quantitative estimate of drug-likeness (QED) is 0.753. The number of anilines is 1. The summed E-state index contributed by atoms with van der Waals surface area (Å²) >= 11 is 5.85. The van der Waals surface area contributed by atoms with Crippen LogP contribution < -0.4 is 10.0 Å². The number of hydrogen-bond acceptors (Lipinski definition) is 4. The highest BCUT2D eigenvalue weighted by molar-refractivity contribution is 7.91. The van der Waals surface area contributed by atoms with Gasteiger partial charge in [-0.1, -0.05) is 62.6 Å². The zero-order chi connectivity index (χ0) is 19.7. The zero-order valence-corrected chi connectivity index (χ0v) is 16.9. The van der Waals surface area contributed by atoms with Crippen LogP contribution in [0.15, 0.2) is 24.3 Å². The van der Waals surface area contributed by atoms with Gasteiger partial charge in [0.05, 0.1) is 0 Å². The van der Waals surface area contributed by atoms with Crippen LogP contribution in [0.1, 0.15) is 64.2 Å². The normalized spacial score (nSPS) is 20.2. The SMILES string of the molecule is O=C(Nc1cccc(Cl)c1)NS(=O)(=O)C1CCCCCCCCCCC1=O. The van der Waals surface area contributed by atoms with Crippen molar-refractivity contribution >= 4 is 39.1 Å². The highest BCUT2D eigenvalue weighted by Gasteiger charge is 2.33. The second kappa shape index (κ2) is 10.7. The first kappa shape index (κ1) is 21.7. The minimum Gasteiger partial charge on any atom is -0.307 e. The molecule has 8 heteroatoms. The summed E-state index contributed by atoms with van der Waals surface area (Å²) in [6.07, 6.45) is 8.10. The number of amides is 2. The van der Waals surface area contributed by atoms with Crippen molar-refractivity contribution in [3.8, 4) is 0 Å². The first-order chi connectivity index (χ1) is 12.9. The summed E-state index contributed by atoms with van der Waals surface area (Å²) in [7, 11) is -4.10. The van der Waals surface area contributed by atoms with Gasteiger partial charge in [0.1, 0.15) is 5.25 Å².